The predicted molar refractivity (Wildman–Crippen MR) is 111 cm³/mol. The SMILES string of the molecule is CCNC(=O)C(c1ccccc1)N1CCN(C(CC)CC(CC)C(=O)O)CC1. The van der Waals surface area contributed by atoms with Crippen LogP contribution in [0, 0.1) is 5.92 Å². The summed E-state index contributed by atoms with van der Waals surface area (Å²) in [5.41, 5.74) is 1.02. The zero-order valence-electron chi connectivity index (χ0n) is 17.4. The highest BCUT2D eigenvalue weighted by Gasteiger charge is 2.32. The number of amides is 1. The molecule has 2 N–H and O–H groups in total. The summed E-state index contributed by atoms with van der Waals surface area (Å²) >= 11 is 0. The van der Waals surface area contributed by atoms with Crippen LogP contribution in [0.5, 0.6) is 0 Å². The van der Waals surface area contributed by atoms with E-state index in [2.05, 4.69) is 22.0 Å². The molecule has 0 aliphatic carbocycles. The number of rotatable bonds is 10. The second kappa shape index (κ2) is 11.2. The number of carboxylic acids is 1. The maximum Gasteiger partial charge on any atom is 0.306 e. The molecule has 3 unspecified atom stereocenters. The molecule has 1 aliphatic rings. The number of carbonyl (C=O) groups excluding carboxylic acids is 1. The fraction of sp³-hybridized carbons (Fsp3) is 0.636. The van der Waals surface area contributed by atoms with Gasteiger partial charge in [-0.2, -0.15) is 0 Å². The van der Waals surface area contributed by atoms with Gasteiger partial charge in [-0.15, -0.1) is 0 Å². The van der Waals surface area contributed by atoms with E-state index in [0.29, 0.717) is 19.4 Å². The molecule has 0 spiro atoms. The summed E-state index contributed by atoms with van der Waals surface area (Å²) in [6.45, 7) is 9.96. The lowest BCUT2D eigenvalue weighted by Crippen LogP contribution is -2.53. The number of hydrogen-bond donors (Lipinski definition) is 2. The van der Waals surface area contributed by atoms with Crippen LogP contribution in [0.25, 0.3) is 0 Å². The predicted octanol–water partition coefficient (Wildman–Crippen LogP) is 2.76. The topological polar surface area (TPSA) is 72.9 Å². The summed E-state index contributed by atoms with van der Waals surface area (Å²) in [6, 6.07) is 9.95. The minimum atomic E-state index is -0.694. The molecular formula is C22H35N3O3. The standard InChI is InChI=1S/C22H35N3O3/c1-4-17(22(27)28)16-19(5-2)24-12-14-25(15-13-24)20(21(26)23-6-3)18-10-8-7-9-11-18/h7-11,17,19-20H,4-6,12-16H2,1-3H3,(H,23,26)(H,27,28). The molecule has 2 rings (SSSR count). The van der Waals surface area contributed by atoms with E-state index in [1.165, 1.54) is 0 Å². The molecule has 3 atom stereocenters. The van der Waals surface area contributed by atoms with Gasteiger partial charge in [-0.3, -0.25) is 19.4 Å². The Morgan fingerprint density at radius 1 is 1.00 bits per heavy atom. The van der Waals surface area contributed by atoms with E-state index in [-0.39, 0.29) is 23.9 Å². The lowest BCUT2D eigenvalue weighted by atomic mass is 9.94. The Bertz CT molecular complexity index is 615. The molecule has 28 heavy (non-hydrogen) atoms. The largest absolute Gasteiger partial charge is 0.481 e. The van der Waals surface area contributed by atoms with E-state index in [1.807, 2.05) is 44.2 Å². The van der Waals surface area contributed by atoms with Crippen LogP contribution in [0.2, 0.25) is 0 Å². The number of carboxylic acid groups (broad SMARTS) is 1. The van der Waals surface area contributed by atoms with Gasteiger partial charge in [0, 0.05) is 38.8 Å². The van der Waals surface area contributed by atoms with Crippen molar-refractivity contribution in [2.75, 3.05) is 32.7 Å². The number of nitrogens with one attached hydrogen (secondary N) is 1. The molecule has 1 aromatic rings. The fourth-order valence-electron chi connectivity index (χ4n) is 4.14. The summed E-state index contributed by atoms with van der Waals surface area (Å²) < 4.78 is 0. The van der Waals surface area contributed by atoms with Gasteiger partial charge in [-0.25, -0.2) is 0 Å². The number of hydrogen-bond acceptors (Lipinski definition) is 4. The van der Waals surface area contributed by atoms with Gasteiger partial charge in [0.25, 0.3) is 0 Å². The van der Waals surface area contributed by atoms with Crippen LogP contribution in [0.3, 0.4) is 0 Å². The zero-order valence-corrected chi connectivity index (χ0v) is 17.4. The first-order chi connectivity index (χ1) is 13.5. The Hall–Kier alpha value is -1.92. The monoisotopic (exact) mass is 389 g/mol. The first-order valence-electron chi connectivity index (χ1n) is 10.5. The Morgan fingerprint density at radius 2 is 1.61 bits per heavy atom. The molecule has 0 aromatic heterocycles. The van der Waals surface area contributed by atoms with Crippen molar-refractivity contribution in [3.63, 3.8) is 0 Å². The molecule has 0 saturated carbocycles. The highest BCUT2D eigenvalue weighted by Crippen LogP contribution is 2.25. The van der Waals surface area contributed by atoms with Gasteiger partial charge in [0.2, 0.25) is 5.91 Å². The van der Waals surface area contributed by atoms with Crippen LogP contribution in [0.15, 0.2) is 30.3 Å². The third-order valence-corrected chi connectivity index (χ3v) is 5.81. The van der Waals surface area contributed by atoms with Gasteiger partial charge in [-0.1, -0.05) is 44.2 Å². The van der Waals surface area contributed by atoms with Crippen LogP contribution in [0.1, 0.15) is 51.6 Å². The second-order valence-electron chi connectivity index (χ2n) is 7.52. The number of aliphatic carboxylic acids is 1. The quantitative estimate of drug-likeness (QED) is 0.644. The summed E-state index contributed by atoms with van der Waals surface area (Å²) in [7, 11) is 0. The van der Waals surface area contributed by atoms with Gasteiger partial charge >= 0.3 is 5.97 Å². The van der Waals surface area contributed by atoms with E-state index in [9.17, 15) is 14.7 Å². The molecule has 0 bridgehead atoms. The van der Waals surface area contributed by atoms with E-state index in [4.69, 9.17) is 0 Å². The third-order valence-electron chi connectivity index (χ3n) is 5.81. The molecule has 0 radical (unpaired) electrons. The van der Waals surface area contributed by atoms with Crippen molar-refractivity contribution < 1.29 is 14.7 Å². The Balaban J connectivity index is 2.04. The first kappa shape index (κ1) is 22.4. The number of benzene rings is 1. The normalized spacial score (nSPS) is 19.0. The molecular weight excluding hydrogens is 354 g/mol. The maximum atomic E-state index is 12.7. The maximum absolute atomic E-state index is 12.7. The Kier molecular flexibility index (Phi) is 8.93. The van der Waals surface area contributed by atoms with Crippen LogP contribution < -0.4 is 5.32 Å². The molecule has 1 saturated heterocycles. The molecule has 1 fully saturated rings. The van der Waals surface area contributed by atoms with Crippen LogP contribution in [0.4, 0.5) is 0 Å². The number of piperazine rings is 1. The van der Waals surface area contributed by atoms with Crippen molar-refractivity contribution in [3.8, 4) is 0 Å². The van der Waals surface area contributed by atoms with Gasteiger partial charge in [0.05, 0.1) is 5.92 Å². The summed E-state index contributed by atoms with van der Waals surface area (Å²) in [5.74, 6) is -0.929. The lowest BCUT2D eigenvalue weighted by Gasteiger charge is -2.42. The van der Waals surface area contributed by atoms with E-state index in [0.717, 1.165) is 38.2 Å². The molecule has 1 aromatic carbocycles. The summed E-state index contributed by atoms with van der Waals surface area (Å²) in [6.07, 6.45) is 2.31. The van der Waals surface area contributed by atoms with Crippen molar-refractivity contribution in [2.45, 2.75) is 52.1 Å². The first-order valence-corrected chi connectivity index (χ1v) is 10.5. The van der Waals surface area contributed by atoms with Gasteiger partial charge in [0.15, 0.2) is 0 Å². The fourth-order valence-corrected chi connectivity index (χ4v) is 4.14. The second-order valence-corrected chi connectivity index (χ2v) is 7.52. The highest BCUT2D eigenvalue weighted by molar-refractivity contribution is 5.83. The Labute approximate surface area is 168 Å². The third kappa shape index (κ3) is 5.79. The molecule has 156 valence electrons. The number of nitrogens with zero attached hydrogens (tertiary/aromatic N) is 2. The molecule has 1 amide bonds. The number of likely N-dealkylation sites (N-methyl/N-ethyl adjacent to an activating group) is 1. The number of carbonyl (C=O) groups is 2. The molecule has 1 heterocycles. The van der Waals surface area contributed by atoms with E-state index < -0.39 is 5.97 Å². The van der Waals surface area contributed by atoms with Gasteiger partial charge in [-0.05, 0) is 31.7 Å². The summed E-state index contributed by atoms with van der Waals surface area (Å²) in [5, 5.41) is 12.4. The minimum absolute atomic E-state index is 0.0473. The van der Waals surface area contributed by atoms with E-state index >= 15 is 0 Å². The smallest absolute Gasteiger partial charge is 0.306 e. The highest BCUT2D eigenvalue weighted by atomic mass is 16.4. The van der Waals surface area contributed by atoms with Crippen molar-refractivity contribution in [2.24, 2.45) is 5.92 Å². The molecule has 1 aliphatic heterocycles. The lowest BCUT2D eigenvalue weighted by molar-refractivity contribution is -0.142. The van der Waals surface area contributed by atoms with Gasteiger partial charge in [0.1, 0.15) is 6.04 Å². The average Bonchev–Trinajstić information content (AvgIpc) is 2.70. The van der Waals surface area contributed by atoms with Gasteiger partial charge < -0.3 is 10.4 Å². The van der Waals surface area contributed by atoms with Crippen LogP contribution in [-0.2, 0) is 9.59 Å². The van der Waals surface area contributed by atoms with Crippen molar-refractivity contribution in [1.82, 2.24) is 15.1 Å². The molecule has 6 nitrogen and oxygen atoms in total. The minimum Gasteiger partial charge on any atom is -0.481 e. The summed E-state index contributed by atoms with van der Waals surface area (Å²) in [4.78, 5) is 28.8. The average molecular weight is 390 g/mol. The van der Waals surface area contributed by atoms with Crippen molar-refractivity contribution in [1.29, 1.82) is 0 Å². The van der Waals surface area contributed by atoms with Crippen LogP contribution >= 0.6 is 0 Å². The van der Waals surface area contributed by atoms with Crippen LogP contribution in [-0.4, -0.2) is 65.5 Å². The zero-order chi connectivity index (χ0) is 20.5. The van der Waals surface area contributed by atoms with Crippen molar-refractivity contribution in [3.05, 3.63) is 35.9 Å². The van der Waals surface area contributed by atoms with E-state index in [1.54, 1.807) is 0 Å². The Morgan fingerprint density at radius 3 is 2.11 bits per heavy atom. The van der Waals surface area contributed by atoms with Crippen molar-refractivity contribution >= 4 is 11.9 Å². The molecule has 6 heteroatoms.